The normalized spacial score (nSPS) is 11.6. The van der Waals surface area contributed by atoms with Crippen LogP contribution in [0.5, 0.6) is 11.5 Å². The molecule has 0 amide bonds. The summed E-state index contributed by atoms with van der Waals surface area (Å²) in [6.45, 7) is -0.544. The molecule has 0 saturated carbocycles. The second-order valence-corrected chi connectivity index (χ2v) is 5.53. The minimum Gasteiger partial charge on any atom is -0.724 e. The molecule has 0 aliphatic heterocycles. The molecule has 0 atom stereocenters. The molecular weight excluding hydrogens is 371 g/mol. The molecule has 0 fully saturated rings. The van der Waals surface area contributed by atoms with E-state index in [2.05, 4.69) is 12.9 Å². The SMILES string of the molecule is COc1ccc(COS(=O)(=O)OOS(=O)(=O)[O-])c(OC)c1.[K+]. The predicted octanol–water partition coefficient (Wildman–Crippen LogP) is -3.12. The maximum absolute atomic E-state index is 11.1. The van der Waals surface area contributed by atoms with E-state index < -0.39 is 27.4 Å². The predicted molar refractivity (Wildman–Crippen MR) is 65.1 cm³/mol. The molecule has 1 aromatic rings. The van der Waals surface area contributed by atoms with Gasteiger partial charge in [0.15, 0.2) is 0 Å². The number of hydrogen-bond acceptors (Lipinski definition) is 10. The van der Waals surface area contributed by atoms with Gasteiger partial charge >= 0.3 is 61.8 Å². The van der Waals surface area contributed by atoms with Gasteiger partial charge in [-0.2, -0.15) is 8.42 Å². The van der Waals surface area contributed by atoms with E-state index >= 15 is 0 Å². The second-order valence-electron chi connectivity index (χ2n) is 3.39. The fourth-order valence-electron chi connectivity index (χ4n) is 1.19. The van der Waals surface area contributed by atoms with Gasteiger partial charge in [-0.3, -0.25) is 0 Å². The Morgan fingerprint density at radius 2 is 1.68 bits per heavy atom. The van der Waals surface area contributed by atoms with Crippen LogP contribution in [0, 0.1) is 0 Å². The maximum Gasteiger partial charge on any atom is 1.00 e. The molecule has 1 rings (SSSR count). The smallest absolute Gasteiger partial charge is 0.724 e. The molecule has 0 heterocycles. The van der Waals surface area contributed by atoms with Crippen LogP contribution < -0.4 is 60.9 Å². The van der Waals surface area contributed by atoms with Crippen LogP contribution in [0.4, 0.5) is 0 Å². The molecule has 0 unspecified atom stereocenters. The fraction of sp³-hybridized carbons (Fsp3) is 0.333. The van der Waals surface area contributed by atoms with E-state index in [1.807, 2.05) is 0 Å². The van der Waals surface area contributed by atoms with Crippen molar-refractivity contribution in [1.82, 2.24) is 0 Å². The van der Waals surface area contributed by atoms with E-state index in [0.717, 1.165) is 0 Å². The molecule has 0 aliphatic rings. The van der Waals surface area contributed by atoms with Crippen molar-refractivity contribution >= 4 is 20.8 Å². The Morgan fingerprint density at radius 3 is 2.18 bits per heavy atom. The summed E-state index contributed by atoms with van der Waals surface area (Å²) in [6, 6.07) is 4.45. The fourth-order valence-corrected chi connectivity index (χ4v) is 2.05. The molecule has 120 valence electrons. The molecule has 0 bridgehead atoms. The van der Waals surface area contributed by atoms with Gasteiger partial charge in [-0.1, -0.05) is 8.67 Å². The van der Waals surface area contributed by atoms with E-state index in [-0.39, 0.29) is 57.1 Å². The van der Waals surface area contributed by atoms with E-state index in [1.165, 1.54) is 32.4 Å². The van der Waals surface area contributed by atoms with Crippen molar-refractivity contribution in [3.63, 3.8) is 0 Å². The van der Waals surface area contributed by atoms with Gasteiger partial charge in [0.2, 0.25) is 10.4 Å². The third kappa shape index (κ3) is 8.16. The molecule has 0 radical (unpaired) electrons. The van der Waals surface area contributed by atoms with Crippen LogP contribution in [0.2, 0.25) is 0 Å². The van der Waals surface area contributed by atoms with Gasteiger partial charge < -0.3 is 14.0 Å². The summed E-state index contributed by atoms with van der Waals surface area (Å²) >= 11 is 0. The minimum absolute atomic E-state index is 0. The minimum atomic E-state index is -5.33. The molecule has 1 aromatic carbocycles. The average Bonchev–Trinajstić information content (AvgIpc) is 2.42. The van der Waals surface area contributed by atoms with Crippen molar-refractivity contribution in [2.75, 3.05) is 14.2 Å². The quantitative estimate of drug-likeness (QED) is 0.149. The first-order valence-electron chi connectivity index (χ1n) is 5.11. The number of benzene rings is 1. The Bertz CT molecular complexity index is 684. The van der Waals surface area contributed by atoms with Gasteiger partial charge in [-0.15, -0.1) is 0 Å². The van der Waals surface area contributed by atoms with E-state index in [9.17, 15) is 21.4 Å². The Labute approximate surface area is 170 Å². The summed E-state index contributed by atoms with van der Waals surface area (Å²) in [6.07, 6.45) is 0. The van der Waals surface area contributed by atoms with Crippen molar-refractivity contribution in [2.45, 2.75) is 6.61 Å². The van der Waals surface area contributed by atoms with E-state index in [1.54, 1.807) is 0 Å². The zero-order valence-electron chi connectivity index (χ0n) is 11.8. The van der Waals surface area contributed by atoms with Gasteiger partial charge in [0.1, 0.15) is 11.5 Å². The topological polar surface area (TPSA) is 137 Å². The number of methoxy groups -OCH3 is 2. The monoisotopic (exact) mass is 382 g/mol. The summed E-state index contributed by atoms with van der Waals surface area (Å²) in [5.74, 6) is 0.734. The van der Waals surface area contributed by atoms with Gasteiger partial charge in [0.25, 0.3) is 0 Å². The molecule has 0 aromatic heterocycles. The van der Waals surface area contributed by atoms with E-state index in [4.69, 9.17) is 9.47 Å². The standard InChI is InChI=1S/C9H12O10S2.K/c1-15-8-4-3-7(9(5-8)16-2)6-17-21(13,14)19-18-20(10,11)12;/h3-5H,6H2,1-2H3,(H,10,11,12);/q;+1/p-1. The van der Waals surface area contributed by atoms with Crippen LogP contribution in [0.3, 0.4) is 0 Å². The zero-order valence-corrected chi connectivity index (χ0v) is 16.6. The zero-order chi connectivity index (χ0) is 16.1. The second kappa shape index (κ2) is 9.48. The largest absolute Gasteiger partial charge is 1.00 e. The van der Waals surface area contributed by atoms with Crippen molar-refractivity contribution in [2.24, 2.45) is 0 Å². The van der Waals surface area contributed by atoms with Crippen LogP contribution in [-0.4, -0.2) is 35.6 Å². The Kier molecular flexibility index (Phi) is 9.57. The Balaban J connectivity index is 0.00000441. The van der Waals surface area contributed by atoms with Crippen LogP contribution >= 0.6 is 0 Å². The summed E-state index contributed by atoms with van der Waals surface area (Å²) in [5, 5.41) is 0. The van der Waals surface area contributed by atoms with Crippen molar-refractivity contribution < 1.29 is 95.1 Å². The first-order chi connectivity index (χ1) is 9.67. The summed E-state index contributed by atoms with van der Waals surface area (Å²) in [5.41, 5.74) is 0.301. The maximum atomic E-state index is 11.1. The first-order valence-corrected chi connectivity index (χ1v) is 7.77. The van der Waals surface area contributed by atoms with Crippen molar-refractivity contribution in [3.8, 4) is 11.5 Å². The summed E-state index contributed by atoms with van der Waals surface area (Å²) in [7, 11) is -7.40. The molecule has 0 N–H and O–H groups in total. The van der Waals surface area contributed by atoms with Crippen molar-refractivity contribution in [1.29, 1.82) is 0 Å². The van der Waals surface area contributed by atoms with Gasteiger partial charge in [0, 0.05) is 11.6 Å². The average molecular weight is 382 g/mol. The first kappa shape index (κ1) is 22.2. The summed E-state index contributed by atoms with van der Waals surface area (Å²) < 4.78 is 73.3. The molecule has 0 aliphatic carbocycles. The number of ether oxygens (including phenoxy) is 2. The Morgan fingerprint density at radius 1 is 1.05 bits per heavy atom. The van der Waals surface area contributed by atoms with Crippen molar-refractivity contribution in [3.05, 3.63) is 23.8 Å². The number of hydrogen-bond donors (Lipinski definition) is 0. The number of rotatable bonds is 8. The third-order valence-electron chi connectivity index (χ3n) is 2.05. The molecule has 10 nitrogen and oxygen atoms in total. The van der Waals surface area contributed by atoms with Gasteiger partial charge in [-0.25, -0.2) is 12.6 Å². The molecule has 13 heteroatoms. The van der Waals surface area contributed by atoms with Crippen LogP contribution in [-0.2, 0) is 40.3 Å². The molecule has 0 spiro atoms. The van der Waals surface area contributed by atoms with Gasteiger partial charge in [0.05, 0.1) is 20.8 Å². The summed E-state index contributed by atoms with van der Waals surface area (Å²) in [4.78, 5) is 0. The van der Waals surface area contributed by atoms with Crippen LogP contribution in [0.1, 0.15) is 5.56 Å². The van der Waals surface area contributed by atoms with Crippen LogP contribution in [0.25, 0.3) is 0 Å². The van der Waals surface area contributed by atoms with Gasteiger partial charge in [-0.05, 0) is 12.1 Å². The molecule has 0 saturated heterocycles. The molecule has 22 heavy (non-hydrogen) atoms. The third-order valence-corrected chi connectivity index (χ3v) is 3.01. The Hall–Kier alpha value is 0.196. The molecular formula is C9H11KO10S2. The van der Waals surface area contributed by atoms with Crippen LogP contribution in [0.15, 0.2) is 18.2 Å². The van der Waals surface area contributed by atoms with E-state index in [0.29, 0.717) is 11.3 Å².